The number of nitrogens with two attached hydrogens (primary N) is 1. The fourth-order valence-electron chi connectivity index (χ4n) is 4.09. The number of hydrogen-bond acceptors (Lipinski definition) is 6. The third-order valence-corrected chi connectivity index (χ3v) is 8.25. The monoisotopic (exact) mass is 484 g/mol. The number of nitrogens with zero attached hydrogens (tertiary/aromatic N) is 2. The Hall–Kier alpha value is -2.48. The summed E-state index contributed by atoms with van der Waals surface area (Å²) in [5, 5.41) is 3.66. The predicted octanol–water partition coefficient (Wildman–Crippen LogP) is 4.57. The molecule has 2 aromatic carbocycles. The summed E-state index contributed by atoms with van der Waals surface area (Å²) in [6.45, 7) is 0. The number of sulfone groups is 1. The fraction of sp³-hybridized carbons (Fsp3) is 0.360. The Morgan fingerprint density at radius 2 is 1.48 bits per heavy atom. The quantitative estimate of drug-likeness (QED) is 0.486. The van der Waals surface area contributed by atoms with Crippen LogP contribution in [0.5, 0.6) is 0 Å². The van der Waals surface area contributed by atoms with Crippen molar-refractivity contribution in [2.24, 2.45) is 5.73 Å². The largest absolute Gasteiger partial charge is 0.351 e. The standard InChI is InChI=1S/C25H29ClN4O2S/c26-23-3-1-2-4-24(23)33(31,32)17-19-8-5-18(6-9-19)7-10-20-15-28-25(29-16-20)30-22-13-11-21(27)12-14-22/h1-6,8-9,15-16,21-22H,7,10-14,17,27H2,(H,28,29,30). The van der Waals surface area contributed by atoms with Gasteiger partial charge in [-0.1, -0.05) is 48.0 Å². The summed E-state index contributed by atoms with van der Waals surface area (Å²) in [4.78, 5) is 9.09. The Balaban J connectivity index is 1.29. The van der Waals surface area contributed by atoms with Gasteiger partial charge in [0.2, 0.25) is 5.95 Å². The molecule has 0 aliphatic heterocycles. The van der Waals surface area contributed by atoms with Crippen LogP contribution in [0.3, 0.4) is 0 Å². The number of rotatable bonds is 8. The van der Waals surface area contributed by atoms with Crippen LogP contribution in [0.4, 0.5) is 5.95 Å². The van der Waals surface area contributed by atoms with Crippen LogP contribution in [0, 0.1) is 0 Å². The Bertz CT molecular complexity index is 1160. The van der Waals surface area contributed by atoms with E-state index in [4.69, 9.17) is 17.3 Å². The summed E-state index contributed by atoms with van der Waals surface area (Å²) >= 11 is 6.07. The van der Waals surface area contributed by atoms with Gasteiger partial charge >= 0.3 is 0 Å². The Labute approximate surface area is 200 Å². The number of hydrogen-bond donors (Lipinski definition) is 2. The lowest BCUT2D eigenvalue weighted by atomic mass is 9.92. The molecule has 8 heteroatoms. The molecule has 0 amide bonds. The van der Waals surface area contributed by atoms with E-state index in [0.717, 1.165) is 55.2 Å². The maximum atomic E-state index is 12.7. The minimum atomic E-state index is -3.49. The highest BCUT2D eigenvalue weighted by molar-refractivity contribution is 7.90. The third-order valence-electron chi connectivity index (χ3n) is 6.06. The topological polar surface area (TPSA) is 98.0 Å². The highest BCUT2D eigenvalue weighted by atomic mass is 35.5. The lowest BCUT2D eigenvalue weighted by Crippen LogP contribution is -2.33. The maximum Gasteiger partial charge on any atom is 0.222 e. The lowest BCUT2D eigenvalue weighted by Gasteiger charge is -2.26. The molecule has 1 fully saturated rings. The molecule has 3 N–H and O–H groups in total. The molecule has 6 nitrogen and oxygen atoms in total. The van der Waals surface area contributed by atoms with Crippen LogP contribution in [0.2, 0.25) is 5.02 Å². The predicted molar refractivity (Wildman–Crippen MR) is 132 cm³/mol. The minimum absolute atomic E-state index is 0.0771. The summed E-state index contributed by atoms with van der Waals surface area (Å²) in [5.41, 5.74) is 8.90. The molecular weight excluding hydrogens is 456 g/mol. The maximum absolute atomic E-state index is 12.7. The van der Waals surface area contributed by atoms with Crippen LogP contribution in [0.25, 0.3) is 0 Å². The molecule has 174 valence electrons. The molecule has 0 atom stereocenters. The second-order valence-corrected chi connectivity index (χ2v) is 11.0. The van der Waals surface area contributed by atoms with Crippen molar-refractivity contribution in [2.75, 3.05) is 5.32 Å². The van der Waals surface area contributed by atoms with Gasteiger partial charge in [0.15, 0.2) is 9.84 Å². The van der Waals surface area contributed by atoms with E-state index in [0.29, 0.717) is 18.0 Å². The van der Waals surface area contributed by atoms with Crippen molar-refractivity contribution in [3.8, 4) is 0 Å². The molecule has 0 unspecified atom stereocenters. The van der Waals surface area contributed by atoms with Crippen molar-refractivity contribution >= 4 is 27.4 Å². The number of halogens is 1. The van der Waals surface area contributed by atoms with Gasteiger partial charge in [0.25, 0.3) is 0 Å². The fourth-order valence-corrected chi connectivity index (χ4v) is 6.02. The summed E-state index contributed by atoms with van der Waals surface area (Å²) in [6, 6.07) is 14.9. The summed E-state index contributed by atoms with van der Waals surface area (Å²) < 4.78 is 25.4. The van der Waals surface area contributed by atoms with Gasteiger partial charge in [0, 0.05) is 24.5 Å². The summed E-state index contributed by atoms with van der Waals surface area (Å²) in [7, 11) is -3.49. The highest BCUT2D eigenvalue weighted by Crippen LogP contribution is 2.24. The van der Waals surface area contributed by atoms with E-state index in [1.165, 1.54) is 0 Å². The average Bonchev–Trinajstić information content (AvgIpc) is 2.81. The molecule has 1 aliphatic rings. The smallest absolute Gasteiger partial charge is 0.222 e. The zero-order valence-corrected chi connectivity index (χ0v) is 20.0. The van der Waals surface area contributed by atoms with E-state index >= 15 is 0 Å². The zero-order valence-electron chi connectivity index (χ0n) is 18.5. The van der Waals surface area contributed by atoms with Crippen molar-refractivity contribution in [1.29, 1.82) is 0 Å². The van der Waals surface area contributed by atoms with Crippen LogP contribution in [-0.4, -0.2) is 30.5 Å². The molecule has 33 heavy (non-hydrogen) atoms. The summed E-state index contributed by atoms with van der Waals surface area (Å²) in [5.74, 6) is 0.593. The molecule has 1 aromatic heterocycles. The van der Waals surface area contributed by atoms with E-state index in [1.807, 2.05) is 36.7 Å². The van der Waals surface area contributed by atoms with Crippen molar-refractivity contribution in [3.05, 3.63) is 82.6 Å². The molecule has 0 spiro atoms. The Morgan fingerprint density at radius 3 is 2.15 bits per heavy atom. The molecule has 0 radical (unpaired) electrons. The molecule has 1 heterocycles. The van der Waals surface area contributed by atoms with Crippen molar-refractivity contribution in [2.45, 2.75) is 61.3 Å². The number of aromatic nitrogens is 2. The summed E-state index contributed by atoms with van der Waals surface area (Å²) in [6.07, 6.45) is 9.58. The number of benzene rings is 2. The van der Waals surface area contributed by atoms with Gasteiger partial charge in [0.1, 0.15) is 0 Å². The van der Waals surface area contributed by atoms with Crippen molar-refractivity contribution in [1.82, 2.24) is 9.97 Å². The van der Waals surface area contributed by atoms with Crippen LogP contribution in [0.15, 0.2) is 65.8 Å². The van der Waals surface area contributed by atoms with Gasteiger partial charge in [0.05, 0.1) is 15.7 Å². The third kappa shape index (κ3) is 6.53. The Morgan fingerprint density at radius 1 is 0.879 bits per heavy atom. The van der Waals surface area contributed by atoms with E-state index < -0.39 is 9.84 Å². The van der Waals surface area contributed by atoms with E-state index in [2.05, 4.69) is 15.3 Å². The lowest BCUT2D eigenvalue weighted by molar-refractivity contribution is 0.410. The van der Waals surface area contributed by atoms with Gasteiger partial charge < -0.3 is 11.1 Å². The van der Waals surface area contributed by atoms with Gasteiger partial charge in [-0.05, 0) is 67.3 Å². The zero-order chi connectivity index (χ0) is 23.3. The number of aryl methyl sites for hydroxylation is 2. The van der Waals surface area contributed by atoms with Gasteiger partial charge in [-0.3, -0.25) is 0 Å². The number of anilines is 1. The van der Waals surface area contributed by atoms with Gasteiger partial charge in [-0.15, -0.1) is 0 Å². The molecule has 1 saturated carbocycles. The molecule has 4 rings (SSSR count). The van der Waals surface area contributed by atoms with Crippen LogP contribution < -0.4 is 11.1 Å². The van der Waals surface area contributed by atoms with Crippen LogP contribution in [0.1, 0.15) is 42.4 Å². The normalized spacial score (nSPS) is 18.7. The Kier molecular flexibility index (Phi) is 7.63. The highest BCUT2D eigenvalue weighted by Gasteiger charge is 2.19. The van der Waals surface area contributed by atoms with E-state index in [1.54, 1.807) is 24.3 Å². The van der Waals surface area contributed by atoms with Crippen LogP contribution >= 0.6 is 11.6 Å². The molecule has 0 saturated heterocycles. The van der Waals surface area contributed by atoms with Crippen molar-refractivity contribution < 1.29 is 8.42 Å². The first kappa shape index (κ1) is 23.7. The molecular formula is C25H29ClN4O2S. The first-order chi connectivity index (χ1) is 15.9. The minimum Gasteiger partial charge on any atom is -0.351 e. The van der Waals surface area contributed by atoms with Gasteiger partial charge in [-0.25, -0.2) is 18.4 Å². The molecule has 1 aliphatic carbocycles. The second kappa shape index (κ2) is 10.6. The van der Waals surface area contributed by atoms with Gasteiger partial charge in [-0.2, -0.15) is 0 Å². The first-order valence-electron chi connectivity index (χ1n) is 11.3. The van der Waals surface area contributed by atoms with E-state index in [9.17, 15) is 8.42 Å². The SMILES string of the molecule is NC1CCC(Nc2ncc(CCc3ccc(CS(=O)(=O)c4ccccc4Cl)cc3)cn2)CC1. The second-order valence-electron chi connectivity index (χ2n) is 8.68. The number of nitrogens with one attached hydrogen (secondary N) is 1. The molecule has 3 aromatic rings. The first-order valence-corrected chi connectivity index (χ1v) is 13.3. The van der Waals surface area contributed by atoms with Crippen LogP contribution in [-0.2, 0) is 28.4 Å². The molecule has 0 bridgehead atoms. The van der Waals surface area contributed by atoms with E-state index in [-0.39, 0.29) is 15.7 Å². The average molecular weight is 485 g/mol. The van der Waals surface area contributed by atoms with Crippen molar-refractivity contribution in [3.63, 3.8) is 0 Å².